The molecule has 0 saturated carbocycles. The van der Waals surface area contributed by atoms with Crippen LogP contribution < -0.4 is 0 Å². The monoisotopic (exact) mass is 282 g/mol. The topological polar surface area (TPSA) is 80.9 Å². The van der Waals surface area contributed by atoms with Gasteiger partial charge in [-0.15, -0.1) is 5.10 Å². The summed E-state index contributed by atoms with van der Waals surface area (Å²) in [5.41, 5.74) is 0.0764. The Balaban J connectivity index is 3.02. The van der Waals surface area contributed by atoms with Crippen molar-refractivity contribution in [3.05, 3.63) is 5.82 Å². The lowest BCUT2D eigenvalue weighted by molar-refractivity contribution is -0.138. The first-order valence-electron chi connectivity index (χ1n) is 6.96. The molecule has 0 saturated heterocycles. The summed E-state index contributed by atoms with van der Waals surface area (Å²) >= 11 is 0. The molecule has 1 aromatic rings. The first-order chi connectivity index (χ1) is 8.98. The van der Waals surface area contributed by atoms with Crippen LogP contribution in [0.1, 0.15) is 66.3 Å². The Morgan fingerprint density at radius 2 is 1.80 bits per heavy atom. The van der Waals surface area contributed by atoms with E-state index in [4.69, 9.17) is 5.11 Å². The lowest BCUT2D eigenvalue weighted by Gasteiger charge is -2.26. The molecule has 1 N–H and O–H groups in total. The predicted molar refractivity (Wildman–Crippen MR) is 76.3 cm³/mol. The number of aromatic nitrogens is 4. The van der Waals surface area contributed by atoms with Crippen molar-refractivity contribution in [1.29, 1.82) is 0 Å². The Morgan fingerprint density at radius 3 is 2.25 bits per heavy atom. The molecule has 0 fully saturated rings. The van der Waals surface area contributed by atoms with Gasteiger partial charge in [-0.05, 0) is 27.7 Å². The summed E-state index contributed by atoms with van der Waals surface area (Å²) in [6.07, 6.45) is 1.49. The summed E-state index contributed by atoms with van der Waals surface area (Å²) in [7, 11) is 0. The minimum Gasteiger partial charge on any atom is -0.481 e. The molecule has 1 rings (SSSR count). The lowest BCUT2D eigenvalue weighted by Crippen LogP contribution is -2.24. The van der Waals surface area contributed by atoms with Crippen molar-refractivity contribution >= 4 is 5.97 Å². The zero-order valence-corrected chi connectivity index (χ0v) is 13.3. The molecule has 6 nitrogen and oxygen atoms in total. The molecule has 0 amide bonds. The fourth-order valence-electron chi connectivity index (χ4n) is 2.24. The van der Waals surface area contributed by atoms with Crippen molar-refractivity contribution in [2.45, 2.75) is 66.8 Å². The molecule has 1 atom stereocenters. The van der Waals surface area contributed by atoms with Crippen LogP contribution in [0, 0.1) is 10.8 Å². The average molecular weight is 282 g/mol. The molecule has 0 bridgehead atoms. The third-order valence-corrected chi connectivity index (χ3v) is 2.85. The van der Waals surface area contributed by atoms with E-state index in [-0.39, 0.29) is 23.3 Å². The van der Waals surface area contributed by atoms with Gasteiger partial charge in [-0.3, -0.25) is 4.79 Å². The van der Waals surface area contributed by atoms with Crippen LogP contribution in [0.25, 0.3) is 0 Å². The van der Waals surface area contributed by atoms with Crippen LogP contribution in [0.2, 0.25) is 0 Å². The Kier molecular flexibility index (Phi) is 4.89. The van der Waals surface area contributed by atoms with E-state index in [1.54, 1.807) is 4.68 Å². The zero-order valence-electron chi connectivity index (χ0n) is 13.3. The summed E-state index contributed by atoms with van der Waals surface area (Å²) in [6.45, 7) is 12.6. The highest BCUT2D eigenvalue weighted by molar-refractivity contribution is 5.67. The van der Waals surface area contributed by atoms with E-state index >= 15 is 0 Å². The molecular weight excluding hydrogens is 256 g/mol. The highest BCUT2D eigenvalue weighted by Gasteiger charge is 2.27. The second-order valence-corrected chi connectivity index (χ2v) is 7.79. The summed E-state index contributed by atoms with van der Waals surface area (Å²) in [6, 6.07) is -0.208. The molecular formula is C14H26N4O2. The van der Waals surface area contributed by atoms with Crippen molar-refractivity contribution in [2.24, 2.45) is 10.8 Å². The molecule has 0 aliphatic rings. The van der Waals surface area contributed by atoms with Crippen molar-refractivity contribution in [2.75, 3.05) is 0 Å². The van der Waals surface area contributed by atoms with E-state index in [1.807, 2.05) is 0 Å². The number of rotatable bonds is 5. The number of carboxylic acids is 1. The summed E-state index contributed by atoms with van der Waals surface area (Å²) in [5, 5.41) is 21.0. The highest BCUT2D eigenvalue weighted by Crippen LogP contribution is 2.31. The first-order valence-corrected chi connectivity index (χ1v) is 6.96. The summed E-state index contributed by atoms with van der Waals surface area (Å²) in [4.78, 5) is 11.1. The van der Waals surface area contributed by atoms with Crippen LogP contribution in [0.15, 0.2) is 0 Å². The van der Waals surface area contributed by atoms with E-state index in [9.17, 15) is 4.79 Å². The molecule has 0 radical (unpaired) electrons. The number of aliphatic carboxylic acids is 1. The van der Waals surface area contributed by atoms with Crippen molar-refractivity contribution < 1.29 is 9.90 Å². The largest absolute Gasteiger partial charge is 0.481 e. The van der Waals surface area contributed by atoms with Crippen molar-refractivity contribution in [3.8, 4) is 0 Å². The van der Waals surface area contributed by atoms with Gasteiger partial charge in [0.15, 0.2) is 5.82 Å². The second-order valence-electron chi connectivity index (χ2n) is 7.79. The van der Waals surface area contributed by atoms with Crippen LogP contribution in [0.5, 0.6) is 0 Å². The fourth-order valence-corrected chi connectivity index (χ4v) is 2.24. The average Bonchev–Trinajstić information content (AvgIpc) is 2.58. The number of carbonyl (C=O) groups is 1. The van der Waals surface area contributed by atoms with Crippen LogP contribution in [-0.2, 0) is 11.2 Å². The normalized spacial score (nSPS) is 14.3. The van der Waals surface area contributed by atoms with Crippen LogP contribution in [0.3, 0.4) is 0 Å². The standard InChI is InChI=1S/C14H26N4O2/c1-13(2,3)8-10(7-12(19)20)18-11(15-16-17-18)9-14(4,5)6/h10H,7-9H2,1-6H3,(H,19,20). The summed E-state index contributed by atoms with van der Waals surface area (Å²) in [5.74, 6) is -0.0653. The van der Waals surface area contributed by atoms with Gasteiger partial charge in [0.2, 0.25) is 0 Å². The molecule has 6 heteroatoms. The Hall–Kier alpha value is -1.46. The SMILES string of the molecule is CC(C)(C)Cc1nnnn1C(CC(=O)O)CC(C)(C)C. The minimum atomic E-state index is -0.823. The fraction of sp³-hybridized carbons (Fsp3) is 0.857. The van der Waals surface area contributed by atoms with Gasteiger partial charge in [-0.2, -0.15) is 0 Å². The smallest absolute Gasteiger partial charge is 0.305 e. The van der Waals surface area contributed by atoms with E-state index in [0.717, 1.165) is 18.7 Å². The molecule has 1 unspecified atom stereocenters. The van der Waals surface area contributed by atoms with Gasteiger partial charge in [0.1, 0.15) is 0 Å². The third-order valence-electron chi connectivity index (χ3n) is 2.85. The predicted octanol–water partition coefficient (Wildman–Crippen LogP) is 2.71. The number of hydrogen-bond acceptors (Lipinski definition) is 4. The zero-order chi connectivity index (χ0) is 15.6. The molecule has 0 aliphatic heterocycles. The van der Waals surface area contributed by atoms with Crippen LogP contribution in [-0.4, -0.2) is 31.3 Å². The highest BCUT2D eigenvalue weighted by atomic mass is 16.4. The molecule has 0 spiro atoms. The number of nitrogens with zero attached hydrogens (tertiary/aromatic N) is 4. The lowest BCUT2D eigenvalue weighted by atomic mass is 9.86. The Bertz CT molecular complexity index is 454. The van der Waals surface area contributed by atoms with Gasteiger partial charge < -0.3 is 5.11 Å². The first kappa shape index (κ1) is 16.6. The Morgan fingerprint density at radius 1 is 1.20 bits per heavy atom. The Labute approximate surface area is 120 Å². The molecule has 1 heterocycles. The van der Waals surface area contributed by atoms with Gasteiger partial charge in [-0.1, -0.05) is 41.5 Å². The van der Waals surface area contributed by atoms with E-state index < -0.39 is 5.97 Å². The van der Waals surface area contributed by atoms with Crippen LogP contribution in [0.4, 0.5) is 0 Å². The molecule has 0 aliphatic carbocycles. The van der Waals surface area contributed by atoms with Crippen molar-refractivity contribution in [3.63, 3.8) is 0 Å². The molecule has 0 aromatic carbocycles. The van der Waals surface area contributed by atoms with E-state index in [2.05, 4.69) is 57.1 Å². The van der Waals surface area contributed by atoms with Gasteiger partial charge in [0.25, 0.3) is 0 Å². The van der Waals surface area contributed by atoms with Crippen molar-refractivity contribution in [1.82, 2.24) is 20.2 Å². The van der Waals surface area contributed by atoms with Crippen LogP contribution >= 0.6 is 0 Å². The maximum Gasteiger partial charge on any atom is 0.305 e. The molecule has 114 valence electrons. The van der Waals surface area contributed by atoms with E-state index in [1.165, 1.54) is 0 Å². The third kappa shape index (κ3) is 5.67. The van der Waals surface area contributed by atoms with Gasteiger partial charge in [0, 0.05) is 6.42 Å². The number of hydrogen-bond donors (Lipinski definition) is 1. The van der Waals surface area contributed by atoms with Gasteiger partial charge in [0.05, 0.1) is 12.5 Å². The number of carboxylic acid groups (broad SMARTS) is 1. The maximum absolute atomic E-state index is 11.1. The maximum atomic E-state index is 11.1. The quantitative estimate of drug-likeness (QED) is 0.898. The van der Waals surface area contributed by atoms with E-state index in [0.29, 0.717) is 0 Å². The second kappa shape index (κ2) is 5.89. The molecule has 1 aromatic heterocycles. The van der Waals surface area contributed by atoms with Gasteiger partial charge in [-0.25, -0.2) is 4.68 Å². The summed E-state index contributed by atoms with van der Waals surface area (Å²) < 4.78 is 1.70. The number of tetrazole rings is 1. The van der Waals surface area contributed by atoms with Gasteiger partial charge >= 0.3 is 5.97 Å². The minimum absolute atomic E-state index is 0.0189. The molecule has 20 heavy (non-hydrogen) atoms.